The zero-order chi connectivity index (χ0) is 18.5. The van der Waals surface area contributed by atoms with Crippen LogP contribution in [0.3, 0.4) is 0 Å². The van der Waals surface area contributed by atoms with Gasteiger partial charge in [-0.15, -0.1) is 0 Å². The van der Waals surface area contributed by atoms with Crippen molar-refractivity contribution in [2.24, 2.45) is 0 Å². The van der Waals surface area contributed by atoms with E-state index in [1.165, 1.54) is 0 Å². The lowest BCUT2D eigenvalue weighted by Crippen LogP contribution is -2.51. The maximum Gasteiger partial charge on any atom is 0.471 e. The molecule has 0 saturated carbocycles. The number of fused-ring (bicyclic) bond motifs is 3. The SMILES string of the molecule is O=C1CCC2(CCO1)CN(C(=O)C(F)(F)F)Cc1cc3c(cc12)OCO3. The summed E-state index contributed by atoms with van der Waals surface area (Å²) in [6, 6.07) is 3.39. The number of carbonyl (C=O) groups excluding carboxylic acids is 2. The van der Waals surface area contributed by atoms with Crippen molar-refractivity contribution in [3.8, 4) is 11.5 Å². The molecule has 3 aliphatic heterocycles. The van der Waals surface area contributed by atoms with Crippen LogP contribution in [0.15, 0.2) is 12.1 Å². The van der Waals surface area contributed by atoms with Gasteiger partial charge in [0, 0.05) is 24.9 Å². The molecular formula is C17H16F3NO5. The zero-order valence-corrected chi connectivity index (χ0v) is 13.7. The van der Waals surface area contributed by atoms with Crippen LogP contribution in [0.5, 0.6) is 11.5 Å². The summed E-state index contributed by atoms with van der Waals surface area (Å²) in [5.74, 6) is -1.29. The van der Waals surface area contributed by atoms with Crippen molar-refractivity contribution in [1.82, 2.24) is 4.90 Å². The summed E-state index contributed by atoms with van der Waals surface area (Å²) < 4.78 is 54.8. The first-order chi connectivity index (χ1) is 12.3. The van der Waals surface area contributed by atoms with E-state index < -0.39 is 17.5 Å². The molecule has 1 aromatic carbocycles. The van der Waals surface area contributed by atoms with Crippen LogP contribution in [0, 0.1) is 0 Å². The number of cyclic esters (lactones) is 1. The molecule has 1 saturated heterocycles. The summed E-state index contributed by atoms with van der Waals surface area (Å²) in [6.07, 6.45) is -4.22. The number of carbonyl (C=O) groups is 2. The van der Waals surface area contributed by atoms with E-state index in [0.717, 1.165) is 10.5 Å². The van der Waals surface area contributed by atoms with E-state index >= 15 is 0 Å². The quantitative estimate of drug-likeness (QED) is 0.655. The third-order valence-electron chi connectivity index (χ3n) is 5.21. The van der Waals surface area contributed by atoms with E-state index in [9.17, 15) is 22.8 Å². The first-order valence-electron chi connectivity index (χ1n) is 8.23. The van der Waals surface area contributed by atoms with E-state index in [1.807, 2.05) is 0 Å². The van der Waals surface area contributed by atoms with Crippen molar-refractivity contribution < 1.29 is 37.0 Å². The fraction of sp³-hybridized carbons (Fsp3) is 0.529. The van der Waals surface area contributed by atoms with Gasteiger partial charge in [0.15, 0.2) is 11.5 Å². The Morgan fingerprint density at radius 2 is 1.85 bits per heavy atom. The van der Waals surface area contributed by atoms with Gasteiger partial charge in [0.25, 0.3) is 0 Å². The first-order valence-corrected chi connectivity index (χ1v) is 8.23. The molecule has 0 N–H and O–H groups in total. The molecule has 1 unspecified atom stereocenters. The number of amides is 1. The Bertz CT molecular complexity index is 778. The van der Waals surface area contributed by atoms with Crippen LogP contribution in [0.25, 0.3) is 0 Å². The molecule has 0 aromatic heterocycles. The van der Waals surface area contributed by atoms with Crippen LogP contribution in [0.2, 0.25) is 0 Å². The predicted octanol–water partition coefficient (Wildman–Crippen LogP) is 2.28. The lowest BCUT2D eigenvalue weighted by atomic mass is 9.70. The van der Waals surface area contributed by atoms with Crippen molar-refractivity contribution >= 4 is 11.9 Å². The minimum atomic E-state index is -4.95. The second kappa shape index (κ2) is 5.78. The van der Waals surface area contributed by atoms with Crippen molar-refractivity contribution in [3.05, 3.63) is 23.3 Å². The number of ether oxygens (including phenoxy) is 3. The van der Waals surface area contributed by atoms with Crippen LogP contribution < -0.4 is 9.47 Å². The molecule has 1 amide bonds. The summed E-state index contributed by atoms with van der Waals surface area (Å²) in [4.78, 5) is 24.3. The van der Waals surface area contributed by atoms with Crippen LogP contribution in [0.1, 0.15) is 30.4 Å². The van der Waals surface area contributed by atoms with E-state index in [4.69, 9.17) is 14.2 Å². The molecule has 1 aromatic rings. The van der Waals surface area contributed by atoms with Gasteiger partial charge in [-0.25, -0.2) is 0 Å². The highest BCUT2D eigenvalue weighted by atomic mass is 19.4. The third-order valence-corrected chi connectivity index (χ3v) is 5.21. The van der Waals surface area contributed by atoms with Crippen LogP contribution in [-0.4, -0.2) is 42.9 Å². The number of esters is 1. The van der Waals surface area contributed by atoms with Gasteiger partial charge < -0.3 is 19.1 Å². The summed E-state index contributed by atoms with van der Waals surface area (Å²) in [6.45, 7) is -0.145. The molecule has 0 aliphatic carbocycles. The number of hydrogen-bond acceptors (Lipinski definition) is 5. The minimum Gasteiger partial charge on any atom is -0.466 e. The highest BCUT2D eigenvalue weighted by molar-refractivity contribution is 5.82. The number of benzene rings is 1. The molecular weight excluding hydrogens is 355 g/mol. The van der Waals surface area contributed by atoms with Gasteiger partial charge in [-0.05, 0) is 36.1 Å². The molecule has 1 spiro atoms. The van der Waals surface area contributed by atoms with E-state index in [-0.39, 0.29) is 38.9 Å². The third kappa shape index (κ3) is 2.75. The molecule has 3 aliphatic rings. The number of hydrogen-bond donors (Lipinski definition) is 0. The molecule has 26 heavy (non-hydrogen) atoms. The smallest absolute Gasteiger partial charge is 0.466 e. The normalized spacial score (nSPS) is 24.9. The Morgan fingerprint density at radius 1 is 1.12 bits per heavy atom. The minimum absolute atomic E-state index is 0.0397. The standard InChI is InChI=1S/C17H16F3NO5/c18-17(19,20)15(23)21-7-10-5-12-13(26-9-25-12)6-11(10)16(8-21)2-1-14(22)24-4-3-16/h5-6H,1-4,7-9H2. The molecule has 140 valence electrons. The van der Waals surface area contributed by atoms with Gasteiger partial charge in [-0.1, -0.05) is 0 Å². The number of halogens is 3. The van der Waals surface area contributed by atoms with E-state index in [0.29, 0.717) is 29.9 Å². The molecule has 1 fully saturated rings. The molecule has 1 atom stereocenters. The van der Waals surface area contributed by atoms with Crippen molar-refractivity contribution in [1.29, 1.82) is 0 Å². The highest BCUT2D eigenvalue weighted by Crippen LogP contribution is 2.47. The van der Waals surface area contributed by atoms with Gasteiger partial charge in [0.2, 0.25) is 6.79 Å². The largest absolute Gasteiger partial charge is 0.471 e. The van der Waals surface area contributed by atoms with Crippen molar-refractivity contribution in [2.45, 2.75) is 37.4 Å². The Morgan fingerprint density at radius 3 is 2.58 bits per heavy atom. The second-order valence-electron chi connectivity index (χ2n) is 6.77. The summed E-state index contributed by atoms with van der Waals surface area (Å²) in [5.41, 5.74) is 0.584. The number of nitrogens with zero attached hydrogens (tertiary/aromatic N) is 1. The summed E-state index contributed by atoms with van der Waals surface area (Å²) >= 11 is 0. The monoisotopic (exact) mass is 371 g/mol. The maximum atomic E-state index is 13.0. The average Bonchev–Trinajstić information content (AvgIpc) is 2.96. The maximum absolute atomic E-state index is 13.0. The van der Waals surface area contributed by atoms with Crippen molar-refractivity contribution in [3.63, 3.8) is 0 Å². The number of rotatable bonds is 0. The Labute approximate surface area is 146 Å². The Hall–Kier alpha value is -2.45. The van der Waals surface area contributed by atoms with Gasteiger partial charge >= 0.3 is 18.1 Å². The van der Waals surface area contributed by atoms with Crippen molar-refractivity contribution in [2.75, 3.05) is 19.9 Å². The average molecular weight is 371 g/mol. The molecule has 6 nitrogen and oxygen atoms in total. The first kappa shape index (κ1) is 17.0. The van der Waals surface area contributed by atoms with E-state index in [2.05, 4.69) is 0 Å². The Balaban J connectivity index is 1.79. The van der Waals surface area contributed by atoms with E-state index in [1.54, 1.807) is 12.1 Å². The summed E-state index contributed by atoms with van der Waals surface area (Å²) in [7, 11) is 0. The topological polar surface area (TPSA) is 65.1 Å². The number of alkyl halides is 3. The van der Waals surface area contributed by atoms with Crippen LogP contribution in [0.4, 0.5) is 13.2 Å². The lowest BCUT2D eigenvalue weighted by Gasteiger charge is -2.43. The highest BCUT2D eigenvalue weighted by Gasteiger charge is 2.49. The molecule has 4 rings (SSSR count). The van der Waals surface area contributed by atoms with Gasteiger partial charge in [-0.3, -0.25) is 9.59 Å². The fourth-order valence-electron chi connectivity index (χ4n) is 3.97. The van der Waals surface area contributed by atoms with Crippen LogP contribution in [-0.2, 0) is 26.3 Å². The van der Waals surface area contributed by atoms with Gasteiger partial charge in [0.1, 0.15) is 0 Å². The molecule has 3 heterocycles. The van der Waals surface area contributed by atoms with Gasteiger partial charge in [0.05, 0.1) is 6.61 Å². The zero-order valence-electron chi connectivity index (χ0n) is 13.7. The second-order valence-corrected chi connectivity index (χ2v) is 6.77. The summed E-state index contributed by atoms with van der Waals surface area (Å²) in [5, 5.41) is 0. The lowest BCUT2D eigenvalue weighted by molar-refractivity contribution is -0.187. The van der Waals surface area contributed by atoms with Crippen LogP contribution >= 0.6 is 0 Å². The molecule has 9 heteroatoms. The molecule has 0 radical (unpaired) electrons. The molecule has 0 bridgehead atoms. The predicted molar refractivity (Wildman–Crippen MR) is 80.5 cm³/mol. The van der Waals surface area contributed by atoms with Gasteiger partial charge in [-0.2, -0.15) is 13.2 Å². The fourth-order valence-corrected chi connectivity index (χ4v) is 3.97. The Kier molecular flexibility index (Phi) is 3.78.